The van der Waals surface area contributed by atoms with Crippen LogP contribution in [0.2, 0.25) is 0 Å². The number of benzene rings is 4. The van der Waals surface area contributed by atoms with Crippen LogP contribution in [0.4, 0.5) is 0 Å². The Hall–Kier alpha value is -4.65. The van der Waals surface area contributed by atoms with Crippen molar-refractivity contribution in [2.45, 2.75) is 6.92 Å². The van der Waals surface area contributed by atoms with Crippen LogP contribution in [0, 0.1) is 0 Å². The molecule has 0 unspecified atom stereocenters. The third kappa shape index (κ3) is 6.23. The SMILES string of the molecule is CCOc1cc(/C=N\NC(=O)COc2cccc3ccccc23)ccc1OC(=O)c1ccccc1. The summed E-state index contributed by atoms with van der Waals surface area (Å²) < 4.78 is 16.8. The molecule has 0 bridgehead atoms. The lowest BCUT2D eigenvalue weighted by Gasteiger charge is -2.11. The van der Waals surface area contributed by atoms with Crippen molar-refractivity contribution in [3.05, 3.63) is 102 Å². The minimum absolute atomic E-state index is 0.177. The monoisotopic (exact) mass is 468 g/mol. The molecule has 0 fully saturated rings. The summed E-state index contributed by atoms with van der Waals surface area (Å²) in [4.78, 5) is 24.6. The zero-order valence-corrected chi connectivity index (χ0v) is 19.1. The molecule has 0 saturated carbocycles. The normalized spacial score (nSPS) is 10.8. The quantitative estimate of drug-likeness (QED) is 0.162. The summed E-state index contributed by atoms with van der Waals surface area (Å²) in [6, 6.07) is 27.2. The van der Waals surface area contributed by atoms with E-state index in [1.165, 1.54) is 6.21 Å². The first kappa shape index (κ1) is 23.5. The van der Waals surface area contributed by atoms with Gasteiger partial charge in [0.2, 0.25) is 0 Å². The molecule has 1 amide bonds. The number of carbonyl (C=O) groups is 2. The van der Waals surface area contributed by atoms with Gasteiger partial charge in [0, 0.05) is 5.39 Å². The largest absolute Gasteiger partial charge is 0.490 e. The van der Waals surface area contributed by atoms with Crippen LogP contribution in [0.15, 0.2) is 96.1 Å². The van der Waals surface area contributed by atoms with Gasteiger partial charge in [-0.25, -0.2) is 10.2 Å². The van der Waals surface area contributed by atoms with E-state index in [-0.39, 0.29) is 6.61 Å². The van der Waals surface area contributed by atoms with Gasteiger partial charge in [-0.3, -0.25) is 4.79 Å². The molecule has 0 aliphatic heterocycles. The molecule has 4 aromatic rings. The second-order valence-corrected chi connectivity index (χ2v) is 7.45. The average molecular weight is 469 g/mol. The van der Waals surface area contributed by atoms with Crippen molar-refractivity contribution < 1.29 is 23.8 Å². The molecule has 0 aromatic heterocycles. The lowest BCUT2D eigenvalue weighted by atomic mass is 10.1. The molecule has 176 valence electrons. The lowest BCUT2D eigenvalue weighted by molar-refractivity contribution is -0.123. The Morgan fingerprint density at radius 3 is 2.43 bits per heavy atom. The van der Waals surface area contributed by atoms with Crippen LogP contribution in [-0.2, 0) is 4.79 Å². The van der Waals surface area contributed by atoms with Crippen LogP contribution >= 0.6 is 0 Å². The Labute approximate surface area is 202 Å². The molecule has 0 spiro atoms. The highest BCUT2D eigenvalue weighted by Gasteiger charge is 2.13. The molecule has 4 aromatic carbocycles. The fourth-order valence-corrected chi connectivity index (χ4v) is 3.37. The molecular formula is C28H24N2O5. The molecule has 0 saturated heterocycles. The van der Waals surface area contributed by atoms with Crippen molar-refractivity contribution >= 4 is 28.9 Å². The number of rotatable bonds is 9. The number of fused-ring (bicyclic) bond motifs is 1. The van der Waals surface area contributed by atoms with Crippen molar-refractivity contribution in [1.82, 2.24) is 5.43 Å². The number of hydrogen-bond donors (Lipinski definition) is 1. The molecule has 0 heterocycles. The number of esters is 1. The fraction of sp³-hybridized carbons (Fsp3) is 0.107. The molecule has 7 nitrogen and oxygen atoms in total. The van der Waals surface area contributed by atoms with E-state index in [1.807, 2.05) is 55.5 Å². The zero-order chi connectivity index (χ0) is 24.5. The maximum absolute atomic E-state index is 12.4. The molecule has 35 heavy (non-hydrogen) atoms. The van der Waals surface area contributed by atoms with Gasteiger partial charge in [0.1, 0.15) is 5.75 Å². The first-order valence-electron chi connectivity index (χ1n) is 11.1. The third-order valence-electron chi connectivity index (χ3n) is 4.99. The van der Waals surface area contributed by atoms with Gasteiger partial charge in [0.15, 0.2) is 18.1 Å². The molecule has 0 atom stereocenters. The number of ether oxygens (including phenoxy) is 3. The van der Waals surface area contributed by atoms with E-state index in [9.17, 15) is 9.59 Å². The maximum atomic E-state index is 12.4. The number of hydrogen-bond acceptors (Lipinski definition) is 6. The average Bonchev–Trinajstić information content (AvgIpc) is 2.89. The van der Waals surface area contributed by atoms with E-state index in [2.05, 4.69) is 10.5 Å². The van der Waals surface area contributed by atoms with Gasteiger partial charge in [-0.15, -0.1) is 0 Å². The molecule has 4 rings (SSSR count). The first-order chi connectivity index (χ1) is 17.1. The van der Waals surface area contributed by atoms with Gasteiger partial charge >= 0.3 is 5.97 Å². The van der Waals surface area contributed by atoms with E-state index in [0.717, 1.165) is 10.8 Å². The van der Waals surface area contributed by atoms with Crippen molar-refractivity contribution in [3.63, 3.8) is 0 Å². The van der Waals surface area contributed by atoms with Gasteiger partial charge in [-0.1, -0.05) is 54.6 Å². The molecule has 7 heteroatoms. The second kappa shape index (κ2) is 11.5. The van der Waals surface area contributed by atoms with E-state index >= 15 is 0 Å². The van der Waals surface area contributed by atoms with Gasteiger partial charge in [-0.05, 0) is 54.3 Å². The van der Waals surface area contributed by atoms with Crippen LogP contribution in [0.5, 0.6) is 17.2 Å². The summed E-state index contributed by atoms with van der Waals surface area (Å²) in [7, 11) is 0. The predicted molar refractivity (Wildman–Crippen MR) is 134 cm³/mol. The standard InChI is InChI=1S/C28H24N2O5/c1-2-33-26-17-20(15-16-25(26)35-28(32)22-10-4-3-5-11-22)18-29-30-27(31)19-34-24-14-8-12-21-9-6-7-13-23(21)24/h3-18H,2,19H2,1H3,(H,30,31)/b29-18-. The Bertz CT molecular complexity index is 1350. The maximum Gasteiger partial charge on any atom is 0.343 e. The van der Waals surface area contributed by atoms with Gasteiger partial charge < -0.3 is 14.2 Å². The molecule has 0 aliphatic rings. The summed E-state index contributed by atoms with van der Waals surface area (Å²) in [5.74, 6) is 0.444. The molecule has 0 radical (unpaired) electrons. The van der Waals surface area contributed by atoms with Crippen LogP contribution in [-0.4, -0.2) is 31.3 Å². The number of nitrogens with zero attached hydrogens (tertiary/aromatic N) is 1. The Morgan fingerprint density at radius 2 is 1.60 bits per heavy atom. The number of nitrogens with one attached hydrogen (secondary N) is 1. The van der Waals surface area contributed by atoms with Crippen molar-refractivity contribution in [3.8, 4) is 17.2 Å². The molecule has 1 N–H and O–H groups in total. The third-order valence-corrected chi connectivity index (χ3v) is 4.99. The van der Waals surface area contributed by atoms with Crippen LogP contribution < -0.4 is 19.6 Å². The number of amides is 1. The van der Waals surface area contributed by atoms with E-state index in [0.29, 0.717) is 35.0 Å². The highest BCUT2D eigenvalue weighted by atomic mass is 16.6. The molecule has 0 aliphatic carbocycles. The van der Waals surface area contributed by atoms with Gasteiger partial charge in [0.05, 0.1) is 18.4 Å². The van der Waals surface area contributed by atoms with Crippen molar-refractivity contribution in [1.29, 1.82) is 0 Å². The minimum Gasteiger partial charge on any atom is -0.490 e. The summed E-state index contributed by atoms with van der Waals surface area (Å²) in [5.41, 5.74) is 3.54. The summed E-state index contributed by atoms with van der Waals surface area (Å²) >= 11 is 0. The minimum atomic E-state index is -0.480. The Balaban J connectivity index is 1.36. The predicted octanol–water partition coefficient (Wildman–Crippen LogP) is 4.99. The smallest absolute Gasteiger partial charge is 0.343 e. The first-order valence-corrected chi connectivity index (χ1v) is 11.1. The van der Waals surface area contributed by atoms with E-state index in [4.69, 9.17) is 14.2 Å². The number of carbonyl (C=O) groups excluding carboxylic acids is 2. The Kier molecular flexibility index (Phi) is 7.70. The van der Waals surface area contributed by atoms with Gasteiger partial charge in [0.25, 0.3) is 5.91 Å². The summed E-state index contributed by atoms with van der Waals surface area (Å²) in [6.45, 7) is 2.04. The number of hydrazone groups is 1. The van der Waals surface area contributed by atoms with E-state index in [1.54, 1.807) is 42.5 Å². The summed E-state index contributed by atoms with van der Waals surface area (Å²) in [5, 5.41) is 5.95. The van der Waals surface area contributed by atoms with Crippen LogP contribution in [0.25, 0.3) is 10.8 Å². The summed E-state index contributed by atoms with van der Waals surface area (Å²) in [6.07, 6.45) is 1.47. The van der Waals surface area contributed by atoms with Gasteiger partial charge in [-0.2, -0.15) is 5.10 Å². The second-order valence-electron chi connectivity index (χ2n) is 7.45. The highest BCUT2D eigenvalue weighted by Crippen LogP contribution is 2.29. The fourth-order valence-electron chi connectivity index (χ4n) is 3.37. The van der Waals surface area contributed by atoms with Crippen molar-refractivity contribution in [2.75, 3.05) is 13.2 Å². The highest BCUT2D eigenvalue weighted by molar-refractivity contribution is 5.92. The lowest BCUT2D eigenvalue weighted by Crippen LogP contribution is -2.24. The Morgan fingerprint density at radius 1 is 0.829 bits per heavy atom. The zero-order valence-electron chi connectivity index (χ0n) is 19.1. The van der Waals surface area contributed by atoms with Crippen LogP contribution in [0.3, 0.4) is 0 Å². The van der Waals surface area contributed by atoms with Crippen LogP contribution in [0.1, 0.15) is 22.8 Å². The van der Waals surface area contributed by atoms with Crippen molar-refractivity contribution in [2.24, 2.45) is 5.10 Å². The molecular weight excluding hydrogens is 444 g/mol. The van der Waals surface area contributed by atoms with E-state index < -0.39 is 11.9 Å². The topological polar surface area (TPSA) is 86.2 Å².